The third kappa shape index (κ3) is 3.43. The summed E-state index contributed by atoms with van der Waals surface area (Å²) in [4.78, 5) is 5.04. The van der Waals surface area contributed by atoms with Crippen LogP contribution in [0, 0.1) is 17.8 Å². The van der Waals surface area contributed by atoms with Gasteiger partial charge in [0.05, 0.1) is 0 Å². The van der Waals surface area contributed by atoms with E-state index in [-0.39, 0.29) is 0 Å². The van der Waals surface area contributed by atoms with Crippen molar-refractivity contribution in [2.24, 2.45) is 23.5 Å². The maximum atomic E-state index is 6.37. The van der Waals surface area contributed by atoms with E-state index in [1.54, 1.807) is 0 Å². The van der Waals surface area contributed by atoms with Crippen LogP contribution < -0.4 is 5.73 Å². The largest absolute Gasteiger partial charge is 0.327 e. The third-order valence-electron chi connectivity index (χ3n) is 4.79. The lowest BCUT2D eigenvalue weighted by molar-refractivity contribution is 0.0855. The summed E-state index contributed by atoms with van der Waals surface area (Å²) in [6.45, 7) is 10.9. The van der Waals surface area contributed by atoms with Gasteiger partial charge in [-0.1, -0.05) is 13.8 Å². The number of hydrogen-bond donors (Lipinski definition) is 1. The average molecular weight is 239 g/mol. The molecule has 17 heavy (non-hydrogen) atoms. The van der Waals surface area contributed by atoms with Crippen molar-refractivity contribution in [2.45, 2.75) is 32.7 Å². The normalized spacial score (nSPS) is 41.6. The summed E-state index contributed by atoms with van der Waals surface area (Å²) in [7, 11) is 2.22. The Labute approximate surface area is 106 Å². The number of nitrogens with two attached hydrogens (primary N) is 1. The van der Waals surface area contributed by atoms with Gasteiger partial charge in [-0.2, -0.15) is 0 Å². The Balaban J connectivity index is 1.85. The molecule has 1 saturated carbocycles. The molecular formula is C14H29N3. The molecule has 1 aliphatic carbocycles. The molecule has 1 saturated heterocycles. The van der Waals surface area contributed by atoms with Crippen LogP contribution in [0.5, 0.6) is 0 Å². The van der Waals surface area contributed by atoms with Gasteiger partial charge >= 0.3 is 0 Å². The summed E-state index contributed by atoms with van der Waals surface area (Å²) in [5.41, 5.74) is 6.37. The Morgan fingerprint density at radius 3 is 2.29 bits per heavy atom. The first kappa shape index (κ1) is 13.3. The Hall–Kier alpha value is -0.120. The first-order chi connectivity index (χ1) is 8.06. The standard InChI is InChI=1S/C14H29N3/c1-11-8-12(2)13(14(15)9-11)10-17-6-4-16(3)5-7-17/h11-14H,4-10,15H2,1-3H3. The minimum Gasteiger partial charge on any atom is -0.327 e. The molecule has 100 valence electrons. The van der Waals surface area contributed by atoms with Crippen LogP contribution in [-0.2, 0) is 0 Å². The summed E-state index contributed by atoms with van der Waals surface area (Å²) in [5.74, 6) is 2.34. The Morgan fingerprint density at radius 1 is 1.06 bits per heavy atom. The van der Waals surface area contributed by atoms with E-state index in [1.807, 2.05) is 0 Å². The second-order valence-electron chi connectivity index (χ2n) is 6.49. The van der Waals surface area contributed by atoms with E-state index in [9.17, 15) is 0 Å². The molecule has 1 heterocycles. The van der Waals surface area contributed by atoms with Gasteiger partial charge in [0.2, 0.25) is 0 Å². The van der Waals surface area contributed by atoms with Crippen molar-refractivity contribution in [1.82, 2.24) is 9.80 Å². The van der Waals surface area contributed by atoms with Gasteiger partial charge in [-0.25, -0.2) is 0 Å². The van der Waals surface area contributed by atoms with Crippen molar-refractivity contribution in [3.8, 4) is 0 Å². The maximum absolute atomic E-state index is 6.37. The lowest BCUT2D eigenvalue weighted by atomic mass is 9.72. The summed E-state index contributed by atoms with van der Waals surface area (Å²) < 4.78 is 0. The van der Waals surface area contributed by atoms with Crippen molar-refractivity contribution >= 4 is 0 Å². The molecule has 2 aliphatic rings. The molecule has 3 nitrogen and oxygen atoms in total. The topological polar surface area (TPSA) is 32.5 Å². The van der Waals surface area contributed by atoms with Crippen LogP contribution in [0.2, 0.25) is 0 Å². The van der Waals surface area contributed by atoms with Crippen LogP contribution in [-0.4, -0.2) is 55.6 Å². The minimum atomic E-state index is 0.424. The van der Waals surface area contributed by atoms with Crippen molar-refractivity contribution in [3.63, 3.8) is 0 Å². The highest BCUT2D eigenvalue weighted by Gasteiger charge is 2.33. The molecule has 4 unspecified atom stereocenters. The highest BCUT2D eigenvalue weighted by molar-refractivity contribution is 4.88. The second-order valence-corrected chi connectivity index (χ2v) is 6.49. The highest BCUT2D eigenvalue weighted by Crippen LogP contribution is 2.33. The Kier molecular flexibility index (Phi) is 4.45. The second kappa shape index (κ2) is 5.68. The molecular weight excluding hydrogens is 210 g/mol. The fourth-order valence-corrected chi connectivity index (χ4v) is 3.61. The average Bonchev–Trinajstić information content (AvgIpc) is 2.26. The molecule has 0 bridgehead atoms. The molecule has 0 radical (unpaired) electrons. The van der Waals surface area contributed by atoms with E-state index in [2.05, 4.69) is 30.7 Å². The lowest BCUT2D eigenvalue weighted by Crippen LogP contribution is -2.51. The van der Waals surface area contributed by atoms with Crippen LogP contribution >= 0.6 is 0 Å². The minimum absolute atomic E-state index is 0.424. The van der Waals surface area contributed by atoms with Crippen LogP contribution in [0.4, 0.5) is 0 Å². The number of nitrogens with zero attached hydrogens (tertiary/aromatic N) is 2. The van der Waals surface area contributed by atoms with Gasteiger partial charge in [0, 0.05) is 38.8 Å². The summed E-state index contributed by atoms with van der Waals surface area (Å²) in [6, 6.07) is 0.424. The summed E-state index contributed by atoms with van der Waals surface area (Å²) >= 11 is 0. The summed E-state index contributed by atoms with van der Waals surface area (Å²) in [6.07, 6.45) is 2.59. The van der Waals surface area contributed by atoms with E-state index >= 15 is 0 Å². The lowest BCUT2D eigenvalue weighted by Gasteiger charge is -2.42. The highest BCUT2D eigenvalue weighted by atomic mass is 15.2. The number of likely N-dealkylation sites (N-methyl/N-ethyl adjacent to an activating group) is 1. The fourth-order valence-electron chi connectivity index (χ4n) is 3.61. The number of rotatable bonds is 2. The van der Waals surface area contributed by atoms with Gasteiger partial charge in [0.15, 0.2) is 0 Å². The smallest absolute Gasteiger partial charge is 0.0110 e. The third-order valence-corrected chi connectivity index (χ3v) is 4.79. The van der Waals surface area contributed by atoms with Crippen molar-refractivity contribution < 1.29 is 0 Å². The van der Waals surface area contributed by atoms with Crippen molar-refractivity contribution in [1.29, 1.82) is 0 Å². The molecule has 2 N–H and O–H groups in total. The van der Waals surface area contributed by atoms with E-state index in [1.165, 1.54) is 45.6 Å². The summed E-state index contributed by atoms with van der Waals surface area (Å²) in [5, 5.41) is 0. The number of hydrogen-bond acceptors (Lipinski definition) is 3. The van der Waals surface area contributed by atoms with Gasteiger partial charge in [-0.3, -0.25) is 0 Å². The molecule has 0 aromatic carbocycles. The fraction of sp³-hybridized carbons (Fsp3) is 1.00. The van der Waals surface area contributed by atoms with Crippen LogP contribution in [0.3, 0.4) is 0 Å². The van der Waals surface area contributed by atoms with E-state index in [0.717, 1.165) is 17.8 Å². The molecule has 1 aliphatic heterocycles. The van der Waals surface area contributed by atoms with Gasteiger partial charge in [-0.15, -0.1) is 0 Å². The van der Waals surface area contributed by atoms with Crippen molar-refractivity contribution in [3.05, 3.63) is 0 Å². The van der Waals surface area contributed by atoms with Crippen LogP contribution in [0.15, 0.2) is 0 Å². The quantitative estimate of drug-likeness (QED) is 0.787. The molecule has 3 heteroatoms. The maximum Gasteiger partial charge on any atom is 0.0110 e. The monoisotopic (exact) mass is 239 g/mol. The van der Waals surface area contributed by atoms with Crippen molar-refractivity contribution in [2.75, 3.05) is 39.8 Å². The molecule has 0 aromatic heterocycles. The van der Waals surface area contributed by atoms with Gasteiger partial charge < -0.3 is 15.5 Å². The molecule has 4 atom stereocenters. The zero-order valence-corrected chi connectivity index (χ0v) is 11.7. The molecule has 2 fully saturated rings. The van der Waals surface area contributed by atoms with Gasteiger partial charge in [-0.05, 0) is 37.6 Å². The SMILES string of the molecule is CC1CC(C)C(CN2CCN(C)CC2)C(N)C1. The molecule has 2 rings (SSSR count). The molecule has 0 amide bonds. The van der Waals surface area contributed by atoms with Gasteiger partial charge in [0.25, 0.3) is 0 Å². The zero-order valence-electron chi connectivity index (χ0n) is 11.7. The first-order valence-electron chi connectivity index (χ1n) is 7.22. The van der Waals surface area contributed by atoms with E-state index < -0.39 is 0 Å². The van der Waals surface area contributed by atoms with E-state index in [0.29, 0.717) is 6.04 Å². The molecule has 0 spiro atoms. The van der Waals surface area contributed by atoms with Crippen LogP contribution in [0.25, 0.3) is 0 Å². The molecule has 0 aromatic rings. The zero-order chi connectivity index (χ0) is 12.4. The predicted octanol–water partition coefficient (Wildman–Crippen LogP) is 1.24. The number of piperazine rings is 1. The Morgan fingerprint density at radius 2 is 1.71 bits per heavy atom. The Bertz CT molecular complexity index is 224. The first-order valence-corrected chi connectivity index (χ1v) is 7.22. The van der Waals surface area contributed by atoms with E-state index in [4.69, 9.17) is 5.73 Å². The van der Waals surface area contributed by atoms with Gasteiger partial charge in [0.1, 0.15) is 0 Å². The predicted molar refractivity (Wildman–Crippen MR) is 73.0 cm³/mol. The van der Waals surface area contributed by atoms with Crippen LogP contribution in [0.1, 0.15) is 26.7 Å².